The predicted octanol–water partition coefficient (Wildman–Crippen LogP) is 3.55. The summed E-state index contributed by atoms with van der Waals surface area (Å²) in [4.78, 5) is 10.1. The van der Waals surface area contributed by atoms with E-state index in [4.69, 9.17) is 0 Å². The lowest BCUT2D eigenvalue weighted by Crippen LogP contribution is -2.37. The highest BCUT2D eigenvalue weighted by molar-refractivity contribution is 5.37. The minimum absolute atomic E-state index is 0.228. The molecule has 0 aromatic heterocycles. The molecule has 112 valence electrons. The van der Waals surface area contributed by atoms with E-state index in [0.717, 1.165) is 6.54 Å². The van der Waals surface area contributed by atoms with Crippen LogP contribution >= 0.6 is 0 Å². The topological polar surface area (TPSA) is 55.2 Å². The van der Waals surface area contributed by atoms with Gasteiger partial charge in [0, 0.05) is 12.1 Å². The quantitative estimate of drug-likeness (QED) is 0.614. The zero-order valence-electron chi connectivity index (χ0n) is 12.5. The van der Waals surface area contributed by atoms with Gasteiger partial charge in [-0.05, 0) is 37.3 Å². The molecule has 4 nitrogen and oxygen atoms in total. The van der Waals surface area contributed by atoms with Crippen molar-refractivity contribution in [3.05, 3.63) is 39.7 Å². The van der Waals surface area contributed by atoms with E-state index in [2.05, 4.69) is 26.1 Å². The van der Waals surface area contributed by atoms with Crippen LogP contribution in [0, 0.1) is 27.8 Å². The molecule has 5 heteroatoms. The molecule has 0 heterocycles. The lowest BCUT2D eigenvalue weighted by atomic mass is 9.83. The predicted molar refractivity (Wildman–Crippen MR) is 78.2 cm³/mol. The van der Waals surface area contributed by atoms with Gasteiger partial charge in [0.25, 0.3) is 0 Å². The number of nitrogens with zero attached hydrogens (tertiary/aromatic N) is 1. The number of halogens is 1. The summed E-state index contributed by atoms with van der Waals surface area (Å²) in [5, 5.41) is 14.1. The zero-order chi connectivity index (χ0) is 15.3. The molecule has 1 N–H and O–H groups in total. The molecule has 0 aliphatic rings. The third-order valence-corrected chi connectivity index (χ3v) is 3.74. The Labute approximate surface area is 119 Å². The van der Waals surface area contributed by atoms with E-state index in [1.807, 2.05) is 6.92 Å². The molecule has 0 aliphatic heterocycles. The van der Waals surface area contributed by atoms with Gasteiger partial charge in [0.15, 0.2) is 0 Å². The summed E-state index contributed by atoms with van der Waals surface area (Å²) in [5.41, 5.74) is -0.0243. The fourth-order valence-electron chi connectivity index (χ4n) is 2.58. The molecule has 0 saturated carbocycles. The second kappa shape index (κ2) is 7.33. The summed E-state index contributed by atoms with van der Waals surface area (Å²) in [6.45, 7) is 9.13. The van der Waals surface area contributed by atoms with Crippen LogP contribution in [0.5, 0.6) is 0 Å². The van der Waals surface area contributed by atoms with Gasteiger partial charge in [-0.3, -0.25) is 10.1 Å². The van der Waals surface area contributed by atoms with Crippen molar-refractivity contribution in [2.24, 2.45) is 11.8 Å². The van der Waals surface area contributed by atoms with Crippen LogP contribution in [0.15, 0.2) is 18.2 Å². The molecule has 0 amide bonds. The summed E-state index contributed by atoms with van der Waals surface area (Å²) in [7, 11) is 0. The standard InChI is InChI=1S/C15H23FN2O2/c1-5-17-11(4)13(10(2)3)9-12-7-6-8-14(15(12)16)18(19)20/h6-8,10-11,13,17H,5,9H2,1-4H3. The van der Waals surface area contributed by atoms with Crippen LogP contribution in [0.3, 0.4) is 0 Å². The molecule has 1 aromatic rings. The number of hydrogen-bond acceptors (Lipinski definition) is 3. The first-order valence-corrected chi connectivity index (χ1v) is 7.03. The van der Waals surface area contributed by atoms with Crippen molar-refractivity contribution in [2.45, 2.75) is 40.2 Å². The second-order valence-electron chi connectivity index (χ2n) is 5.47. The molecule has 20 heavy (non-hydrogen) atoms. The van der Waals surface area contributed by atoms with Crippen LogP contribution < -0.4 is 5.32 Å². The molecule has 0 radical (unpaired) electrons. The zero-order valence-corrected chi connectivity index (χ0v) is 12.5. The van der Waals surface area contributed by atoms with E-state index >= 15 is 0 Å². The van der Waals surface area contributed by atoms with Crippen molar-refractivity contribution in [3.63, 3.8) is 0 Å². The largest absolute Gasteiger partial charge is 0.314 e. The van der Waals surface area contributed by atoms with Gasteiger partial charge in [-0.25, -0.2) is 0 Å². The Morgan fingerprint density at radius 1 is 1.35 bits per heavy atom. The lowest BCUT2D eigenvalue weighted by Gasteiger charge is -2.28. The first-order chi connectivity index (χ1) is 9.38. The molecule has 0 saturated heterocycles. The smallest absolute Gasteiger partial charge is 0.305 e. The Bertz CT molecular complexity index is 463. The second-order valence-corrected chi connectivity index (χ2v) is 5.47. The Hall–Kier alpha value is -1.49. The van der Waals surface area contributed by atoms with E-state index in [-0.39, 0.29) is 12.0 Å². The first-order valence-electron chi connectivity index (χ1n) is 7.03. The maximum absolute atomic E-state index is 14.1. The van der Waals surface area contributed by atoms with Gasteiger partial charge in [-0.1, -0.05) is 32.9 Å². The highest BCUT2D eigenvalue weighted by Gasteiger charge is 2.24. The van der Waals surface area contributed by atoms with E-state index in [1.54, 1.807) is 12.1 Å². The van der Waals surface area contributed by atoms with Gasteiger partial charge < -0.3 is 5.32 Å². The van der Waals surface area contributed by atoms with Crippen LogP contribution in [0.25, 0.3) is 0 Å². The molecular weight excluding hydrogens is 259 g/mol. The summed E-state index contributed by atoms with van der Waals surface area (Å²) in [6.07, 6.45) is 0.499. The van der Waals surface area contributed by atoms with Crippen LogP contribution in [-0.2, 0) is 6.42 Å². The first kappa shape index (κ1) is 16.6. The van der Waals surface area contributed by atoms with Gasteiger partial charge >= 0.3 is 5.69 Å². The number of nitro groups is 1. The summed E-state index contributed by atoms with van der Waals surface area (Å²) < 4.78 is 14.1. The molecule has 0 fully saturated rings. The molecule has 0 aliphatic carbocycles. The van der Waals surface area contributed by atoms with Gasteiger partial charge in [-0.2, -0.15) is 4.39 Å². The van der Waals surface area contributed by atoms with Crippen molar-refractivity contribution in [1.82, 2.24) is 5.32 Å². The molecule has 2 atom stereocenters. The average molecular weight is 282 g/mol. The molecule has 1 aromatic carbocycles. The van der Waals surface area contributed by atoms with Crippen LogP contribution in [0.2, 0.25) is 0 Å². The van der Waals surface area contributed by atoms with Gasteiger partial charge in [0.05, 0.1) is 4.92 Å². The van der Waals surface area contributed by atoms with Gasteiger partial charge in [0.1, 0.15) is 0 Å². The average Bonchev–Trinajstić information content (AvgIpc) is 2.36. The fraction of sp³-hybridized carbons (Fsp3) is 0.600. The molecule has 0 bridgehead atoms. The Morgan fingerprint density at radius 3 is 2.50 bits per heavy atom. The Morgan fingerprint density at radius 2 is 2.00 bits per heavy atom. The highest BCUT2D eigenvalue weighted by Crippen LogP contribution is 2.26. The van der Waals surface area contributed by atoms with Crippen molar-refractivity contribution in [1.29, 1.82) is 0 Å². The molecular formula is C15H23FN2O2. The minimum Gasteiger partial charge on any atom is -0.314 e. The van der Waals surface area contributed by atoms with Crippen molar-refractivity contribution in [2.75, 3.05) is 6.54 Å². The number of rotatable bonds is 7. The van der Waals surface area contributed by atoms with Crippen LogP contribution in [0.4, 0.5) is 10.1 Å². The SMILES string of the molecule is CCNC(C)C(Cc1cccc([N+](=O)[O-])c1F)C(C)C. The monoisotopic (exact) mass is 282 g/mol. The third kappa shape index (κ3) is 4.00. The van der Waals surface area contributed by atoms with Crippen molar-refractivity contribution in [3.8, 4) is 0 Å². The van der Waals surface area contributed by atoms with E-state index < -0.39 is 16.4 Å². The minimum atomic E-state index is -0.702. The Balaban J connectivity index is 3.00. The molecule has 2 unspecified atom stereocenters. The maximum atomic E-state index is 14.1. The van der Waals surface area contributed by atoms with Gasteiger partial charge in [-0.15, -0.1) is 0 Å². The molecule has 0 spiro atoms. The molecule has 1 rings (SSSR count). The fourth-order valence-corrected chi connectivity index (χ4v) is 2.58. The van der Waals surface area contributed by atoms with E-state index in [1.165, 1.54) is 6.07 Å². The van der Waals surface area contributed by atoms with Crippen molar-refractivity contribution >= 4 is 5.69 Å². The van der Waals surface area contributed by atoms with E-state index in [0.29, 0.717) is 17.9 Å². The van der Waals surface area contributed by atoms with Crippen LogP contribution in [-0.4, -0.2) is 17.5 Å². The van der Waals surface area contributed by atoms with Crippen LogP contribution in [0.1, 0.15) is 33.3 Å². The summed E-state index contributed by atoms with van der Waals surface area (Å²) in [6, 6.07) is 4.62. The lowest BCUT2D eigenvalue weighted by molar-refractivity contribution is -0.387. The van der Waals surface area contributed by atoms with Gasteiger partial charge in [0.2, 0.25) is 5.82 Å². The third-order valence-electron chi connectivity index (χ3n) is 3.74. The summed E-state index contributed by atoms with van der Waals surface area (Å²) >= 11 is 0. The summed E-state index contributed by atoms with van der Waals surface area (Å²) in [5.74, 6) is -0.110. The number of hydrogen-bond donors (Lipinski definition) is 1. The Kier molecular flexibility index (Phi) is 6.07. The number of benzene rings is 1. The maximum Gasteiger partial charge on any atom is 0.305 e. The normalized spacial score (nSPS) is 14.3. The van der Waals surface area contributed by atoms with Crippen molar-refractivity contribution < 1.29 is 9.31 Å². The highest BCUT2D eigenvalue weighted by atomic mass is 19.1. The number of nitrogens with one attached hydrogen (secondary N) is 1. The number of nitro benzene ring substituents is 1. The van der Waals surface area contributed by atoms with E-state index in [9.17, 15) is 14.5 Å².